The molecule has 0 aromatic heterocycles. The van der Waals surface area contributed by atoms with Gasteiger partial charge in [-0.3, -0.25) is 0 Å². The van der Waals surface area contributed by atoms with Crippen LogP contribution in [0, 0.1) is 5.92 Å². The quantitative estimate of drug-likeness (QED) is 0.349. The minimum Gasteiger partial charge on any atom is -0.465 e. The Hall–Kier alpha value is -3.06. The fraction of sp³-hybridized carbons (Fsp3) is 0.185. The molecule has 0 spiro atoms. The summed E-state index contributed by atoms with van der Waals surface area (Å²) in [5, 5.41) is 0. The molecule has 0 saturated heterocycles. The molecule has 28 heavy (non-hydrogen) atoms. The zero-order chi connectivity index (χ0) is 19.4. The molecule has 3 aromatic rings. The van der Waals surface area contributed by atoms with Crippen LogP contribution in [-0.2, 0) is 11.8 Å². The first-order valence-corrected chi connectivity index (χ1v) is 9.94. The van der Waals surface area contributed by atoms with Gasteiger partial charge in [0.1, 0.15) is 5.75 Å². The van der Waals surface area contributed by atoms with Gasteiger partial charge < -0.3 is 4.74 Å². The van der Waals surface area contributed by atoms with Crippen LogP contribution in [0.3, 0.4) is 0 Å². The van der Waals surface area contributed by atoms with Crippen LogP contribution < -0.4 is 4.74 Å². The van der Waals surface area contributed by atoms with E-state index in [4.69, 9.17) is 4.74 Å². The molecular weight excluding hydrogens is 340 g/mol. The number of fused-ring (bicyclic) bond motifs is 1. The Morgan fingerprint density at radius 3 is 2.36 bits per heavy atom. The Morgan fingerprint density at radius 2 is 1.61 bits per heavy atom. The van der Waals surface area contributed by atoms with E-state index in [9.17, 15) is 0 Å². The fourth-order valence-corrected chi connectivity index (χ4v) is 4.83. The van der Waals surface area contributed by atoms with E-state index in [1.165, 1.54) is 22.3 Å². The van der Waals surface area contributed by atoms with E-state index in [-0.39, 0.29) is 5.41 Å². The van der Waals surface area contributed by atoms with Crippen molar-refractivity contribution >= 4 is 0 Å². The highest BCUT2D eigenvalue weighted by atomic mass is 16.5. The first-order chi connectivity index (χ1) is 13.8. The van der Waals surface area contributed by atoms with Crippen molar-refractivity contribution in [3.8, 4) is 5.75 Å². The van der Waals surface area contributed by atoms with Crippen molar-refractivity contribution in [2.24, 2.45) is 5.92 Å². The molecule has 0 bridgehead atoms. The highest BCUT2D eigenvalue weighted by Crippen LogP contribution is 2.55. The van der Waals surface area contributed by atoms with Crippen molar-refractivity contribution in [2.75, 3.05) is 0 Å². The van der Waals surface area contributed by atoms with Gasteiger partial charge in [-0.1, -0.05) is 84.9 Å². The van der Waals surface area contributed by atoms with E-state index in [2.05, 4.69) is 85.5 Å². The molecule has 2 atom stereocenters. The molecule has 0 N–H and O–H groups in total. The Morgan fingerprint density at radius 1 is 0.929 bits per heavy atom. The first kappa shape index (κ1) is 18.3. The smallest absolute Gasteiger partial charge is 0.130 e. The van der Waals surface area contributed by atoms with Crippen LogP contribution in [0.5, 0.6) is 5.75 Å². The molecule has 4 rings (SSSR count). The van der Waals surface area contributed by atoms with E-state index in [0.29, 0.717) is 5.92 Å². The third-order valence-electron chi connectivity index (χ3n) is 5.84. The van der Waals surface area contributed by atoms with Crippen LogP contribution in [0.4, 0.5) is 0 Å². The average molecular weight is 367 g/mol. The Kier molecular flexibility index (Phi) is 5.16. The predicted octanol–water partition coefficient (Wildman–Crippen LogP) is 6.68. The van der Waals surface area contributed by atoms with Crippen molar-refractivity contribution in [3.05, 3.63) is 126 Å². The lowest BCUT2D eigenvalue weighted by Crippen LogP contribution is -2.35. The maximum Gasteiger partial charge on any atom is 0.130 e. The number of allylic oxidation sites excluding steroid dienone is 2. The molecule has 1 aliphatic rings. The molecule has 0 saturated carbocycles. The summed E-state index contributed by atoms with van der Waals surface area (Å²) < 4.78 is 6.08. The summed E-state index contributed by atoms with van der Waals surface area (Å²) in [6.07, 6.45) is 7.73. The van der Waals surface area contributed by atoms with Gasteiger partial charge in [0.15, 0.2) is 0 Å². The lowest BCUT2D eigenvalue weighted by Gasteiger charge is -2.38. The van der Waals surface area contributed by atoms with Crippen LogP contribution in [0.2, 0.25) is 0 Å². The van der Waals surface area contributed by atoms with Gasteiger partial charge in [0, 0.05) is 5.56 Å². The summed E-state index contributed by atoms with van der Waals surface area (Å²) in [5.74, 6) is 1.30. The third kappa shape index (κ3) is 2.88. The van der Waals surface area contributed by atoms with Crippen molar-refractivity contribution in [2.45, 2.75) is 25.2 Å². The van der Waals surface area contributed by atoms with Crippen molar-refractivity contribution in [1.29, 1.82) is 0 Å². The standard InChI is InChI=1S/C27H26O/c1-3-12-23-20-21-13-8-9-16-24(21)27(23,22-14-6-5-7-15-22)25-17-10-11-18-26(25)28-19-4-2/h3-11,13-19,23H,1,12,20H2,2H3. The van der Waals surface area contributed by atoms with Crippen molar-refractivity contribution in [1.82, 2.24) is 0 Å². The number of ether oxygens (including phenoxy) is 1. The second-order valence-electron chi connectivity index (χ2n) is 7.34. The largest absolute Gasteiger partial charge is 0.465 e. The Balaban J connectivity index is 2.06. The van der Waals surface area contributed by atoms with Gasteiger partial charge in [-0.05, 0) is 48.4 Å². The van der Waals surface area contributed by atoms with Crippen LogP contribution in [0.25, 0.3) is 0 Å². The summed E-state index contributed by atoms with van der Waals surface area (Å²) in [4.78, 5) is 0. The molecule has 2 unspecified atom stereocenters. The minimum absolute atomic E-state index is 0.260. The summed E-state index contributed by atoms with van der Waals surface area (Å²) in [6.45, 7) is 6.04. The number of para-hydroxylation sites is 1. The molecule has 0 heterocycles. The maximum atomic E-state index is 6.08. The zero-order valence-corrected chi connectivity index (χ0v) is 16.3. The molecule has 0 aliphatic heterocycles. The lowest BCUT2D eigenvalue weighted by molar-refractivity contribution is 0.388. The molecule has 140 valence electrons. The number of hydrogen-bond acceptors (Lipinski definition) is 1. The normalized spacial score (nSPS) is 20.8. The van der Waals surface area contributed by atoms with Crippen LogP contribution in [0.1, 0.15) is 35.6 Å². The Bertz CT molecular complexity index is 986. The minimum atomic E-state index is -0.260. The van der Waals surface area contributed by atoms with Crippen LogP contribution >= 0.6 is 0 Å². The lowest BCUT2D eigenvalue weighted by atomic mass is 9.64. The maximum absolute atomic E-state index is 6.08. The summed E-state index contributed by atoms with van der Waals surface area (Å²) in [5.41, 5.74) is 5.06. The van der Waals surface area contributed by atoms with E-state index in [1.807, 2.05) is 19.1 Å². The molecule has 1 nitrogen and oxygen atoms in total. The number of benzene rings is 3. The van der Waals surface area contributed by atoms with Gasteiger partial charge in [-0.15, -0.1) is 6.58 Å². The van der Waals surface area contributed by atoms with Crippen molar-refractivity contribution in [3.63, 3.8) is 0 Å². The third-order valence-corrected chi connectivity index (χ3v) is 5.84. The molecule has 0 radical (unpaired) electrons. The molecule has 3 aromatic carbocycles. The van der Waals surface area contributed by atoms with Crippen LogP contribution in [-0.4, -0.2) is 0 Å². The second kappa shape index (κ2) is 7.90. The van der Waals surface area contributed by atoms with E-state index in [0.717, 1.165) is 18.6 Å². The van der Waals surface area contributed by atoms with E-state index < -0.39 is 0 Å². The fourth-order valence-electron chi connectivity index (χ4n) is 4.83. The monoisotopic (exact) mass is 366 g/mol. The van der Waals surface area contributed by atoms with Crippen LogP contribution in [0.15, 0.2) is 104 Å². The van der Waals surface area contributed by atoms with Gasteiger partial charge in [-0.2, -0.15) is 0 Å². The van der Waals surface area contributed by atoms with Gasteiger partial charge in [0.2, 0.25) is 0 Å². The van der Waals surface area contributed by atoms with Gasteiger partial charge in [-0.25, -0.2) is 0 Å². The first-order valence-electron chi connectivity index (χ1n) is 9.94. The van der Waals surface area contributed by atoms with Gasteiger partial charge in [0.25, 0.3) is 0 Å². The average Bonchev–Trinajstić information content (AvgIpc) is 3.08. The molecule has 1 aliphatic carbocycles. The van der Waals surface area contributed by atoms with E-state index >= 15 is 0 Å². The highest BCUT2D eigenvalue weighted by Gasteiger charge is 2.49. The molecule has 1 heteroatoms. The van der Waals surface area contributed by atoms with Crippen molar-refractivity contribution < 1.29 is 4.74 Å². The second-order valence-corrected chi connectivity index (χ2v) is 7.34. The zero-order valence-electron chi connectivity index (χ0n) is 16.3. The number of rotatable bonds is 6. The predicted molar refractivity (Wildman–Crippen MR) is 117 cm³/mol. The molecule has 0 fully saturated rings. The van der Waals surface area contributed by atoms with Gasteiger partial charge in [0.05, 0.1) is 11.7 Å². The molecular formula is C27H26O. The topological polar surface area (TPSA) is 9.23 Å². The van der Waals surface area contributed by atoms with Gasteiger partial charge >= 0.3 is 0 Å². The summed E-state index contributed by atoms with van der Waals surface area (Å²) >= 11 is 0. The molecule has 0 amide bonds. The summed E-state index contributed by atoms with van der Waals surface area (Å²) in [6, 6.07) is 28.2. The number of hydrogen-bond donors (Lipinski definition) is 0. The summed E-state index contributed by atoms with van der Waals surface area (Å²) in [7, 11) is 0. The van der Waals surface area contributed by atoms with E-state index in [1.54, 1.807) is 6.26 Å². The SMILES string of the molecule is C=CCC1Cc2ccccc2C1(c1ccccc1)c1ccccc1OC=CC. The highest BCUT2D eigenvalue weighted by molar-refractivity contribution is 5.61. The Labute approximate surface area is 168 Å².